The monoisotopic (exact) mass is 2100 g/mol. The van der Waals surface area contributed by atoms with Gasteiger partial charge in [0.1, 0.15) is 90.6 Å². The first kappa shape index (κ1) is 127. The predicted octanol–water partition coefficient (Wildman–Crippen LogP) is -10.8. The van der Waals surface area contributed by atoms with Crippen molar-refractivity contribution in [1.29, 1.82) is 27.0 Å². The zero-order chi connectivity index (χ0) is 107. The fraction of sp³-hybridized carbons (Fsp3) is 0.646. The number of aliphatic hydroxyl groups excluding tert-OH is 1. The van der Waals surface area contributed by atoms with Crippen LogP contribution in [0.5, 0.6) is 0 Å². The number of guanidine groups is 5. The summed E-state index contributed by atoms with van der Waals surface area (Å²) < 4.78 is 0. The standard InChI is InChI=1S/C82H145N33O20S6/c1-8-41(6)60(114-72(129)54(36-139)107-62(119)44(83)19-12-24-94-78(84)85)75(132)111-55(37-140)73(130)115-61(42(7)116)76(133)105-46(21-14-26-96-80(88)89)64(121)99-31-57(117)101-50(30-43-17-10-9-11-18-43)68(125)110-52(34-137)70(127)104-48(23-16-28-98-82(92)93)66(123)108-53(35-138)71(128)106-49(29-39(2)3)67(124)109-51(33-136)69(126)103-47(22-15-27-97-81(90)91)65(122)102-45(20-13-25-95-79(86)87)63(120)100-32-58(118)113-59(40(4)5)74(131)112-56(38-141)77(134)135/h9-11,17-18,39-42,44-56,59-61,116,136-141H,8,12-16,19-38,83H2,1-7H3,(H,99,121)(H,100,120)(H,101,117)(H,102,122)(H,103,126)(H,104,127)(H,105,133)(H,106,128)(H,107,119)(H,108,123)(H,109,124)(H,110,125)(H,111,132)(H,112,131)(H,113,118)(H,114,129)(H,115,130)(H,134,135)(H4,84,85,94)(H4,86,87,95)(H4,88,89,96)(H4,90,91,97)(H4,92,93,98)/t41-,42+,44-,45-,46-,47-,48-,49-,50-,51-,52-,53-,54-,55-,56-,59-,60-,61-/m0/s1. The highest BCUT2D eigenvalue weighted by Gasteiger charge is 2.40. The van der Waals surface area contributed by atoms with Crippen LogP contribution in [-0.4, -0.2) is 330 Å². The van der Waals surface area contributed by atoms with Gasteiger partial charge in [0.25, 0.3) is 0 Å². The molecule has 0 saturated heterocycles. The van der Waals surface area contributed by atoms with E-state index in [0.29, 0.717) is 18.4 Å². The number of carbonyl (C=O) groups is 18. The highest BCUT2D eigenvalue weighted by molar-refractivity contribution is 7.81. The summed E-state index contributed by atoms with van der Waals surface area (Å²) in [5.41, 5.74) is 33.8. The molecule has 1 rings (SSSR count). The highest BCUT2D eigenvalue weighted by Crippen LogP contribution is 2.15. The number of amides is 17. The zero-order valence-corrected chi connectivity index (χ0v) is 85.1. The third-order valence-corrected chi connectivity index (χ3v) is 23.1. The second-order valence-corrected chi connectivity index (χ2v) is 35.6. The summed E-state index contributed by atoms with van der Waals surface area (Å²) in [6, 6.07) is -15.5. The second kappa shape index (κ2) is 69.0. The molecular formula is C82H145N33O20S6. The van der Waals surface area contributed by atoms with Crippen LogP contribution in [0.2, 0.25) is 0 Å². The van der Waals surface area contributed by atoms with Crippen molar-refractivity contribution >= 4 is 212 Å². The number of nitrogens with two attached hydrogens (primary N) is 6. The van der Waals surface area contributed by atoms with Gasteiger partial charge in [-0.2, -0.15) is 75.8 Å². The third kappa shape index (κ3) is 51.4. The van der Waals surface area contributed by atoms with Crippen LogP contribution in [0.1, 0.15) is 131 Å². The van der Waals surface area contributed by atoms with Crippen molar-refractivity contribution in [3.05, 3.63) is 35.9 Å². The van der Waals surface area contributed by atoms with Crippen molar-refractivity contribution in [2.24, 2.45) is 52.2 Å². The van der Waals surface area contributed by atoms with Gasteiger partial charge >= 0.3 is 5.97 Å². The first-order chi connectivity index (χ1) is 66.4. The summed E-state index contributed by atoms with van der Waals surface area (Å²) >= 11 is 25.4. The molecule has 141 heavy (non-hydrogen) atoms. The Labute approximate surface area is 850 Å². The Balaban J connectivity index is 3.61. The Morgan fingerprint density at radius 1 is 0.319 bits per heavy atom. The Hall–Kier alpha value is -11.9. The molecule has 17 amide bonds. The molecule has 59 heteroatoms. The number of hydrogen-bond donors (Lipinski definition) is 41. The van der Waals surface area contributed by atoms with Crippen LogP contribution in [0.25, 0.3) is 0 Å². The summed E-state index contributed by atoms with van der Waals surface area (Å²) in [7, 11) is 0. The van der Waals surface area contributed by atoms with Crippen LogP contribution in [0, 0.1) is 44.8 Å². The van der Waals surface area contributed by atoms with E-state index in [2.05, 4.69) is 193 Å². The molecule has 1 aromatic carbocycles. The second-order valence-electron chi connectivity index (χ2n) is 33.4. The maximum atomic E-state index is 14.5. The molecule has 18 atom stereocenters. The van der Waals surface area contributed by atoms with Crippen LogP contribution < -0.4 is 151 Å². The lowest BCUT2D eigenvalue weighted by molar-refractivity contribution is -0.141. The van der Waals surface area contributed by atoms with Crippen molar-refractivity contribution in [1.82, 2.24) is 117 Å². The Morgan fingerprint density at radius 2 is 0.596 bits per heavy atom. The van der Waals surface area contributed by atoms with E-state index >= 15 is 0 Å². The minimum Gasteiger partial charge on any atom is -0.480 e. The van der Waals surface area contributed by atoms with Crippen LogP contribution in [0.15, 0.2) is 30.3 Å². The summed E-state index contributed by atoms with van der Waals surface area (Å²) in [5.74, 6) is -23.5. The van der Waals surface area contributed by atoms with E-state index in [4.69, 9.17) is 61.4 Å². The van der Waals surface area contributed by atoms with E-state index < -0.39 is 281 Å². The number of carboxylic acid groups (broad SMARTS) is 1. The van der Waals surface area contributed by atoms with Gasteiger partial charge in [-0.05, 0) is 101 Å². The lowest BCUT2D eigenvalue weighted by atomic mass is 9.97. The first-order valence-electron chi connectivity index (χ1n) is 45.3. The number of nitrogens with one attached hydrogen (secondary N) is 27. The Kier molecular flexibility index (Phi) is 62.2. The number of rotatable bonds is 69. The van der Waals surface area contributed by atoms with Gasteiger partial charge in [0.2, 0.25) is 100 Å². The summed E-state index contributed by atoms with van der Waals surface area (Å²) in [5, 5.41) is 113. The van der Waals surface area contributed by atoms with Crippen LogP contribution in [0.4, 0.5) is 0 Å². The molecule has 0 aliphatic rings. The number of thiol groups is 6. The highest BCUT2D eigenvalue weighted by atomic mass is 32.1. The molecule has 794 valence electrons. The predicted molar refractivity (Wildman–Crippen MR) is 545 cm³/mol. The minimum absolute atomic E-state index is 0.00397. The molecular weight excluding hydrogens is 1960 g/mol. The fourth-order valence-electron chi connectivity index (χ4n) is 13.0. The summed E-state index contributed by atoms with van der Waals surface area (Å²) in [6.45, 7) is 9.58. The van der Waals surface area contributed by atoms with Crippen LogP contribution in [-0.2, 0) is 92.7 Å². The topological polar surface area (TPSA) is 888 Å². The zero-order valence-electron chi connectivity index (χ0n) is 79.7. The molecule has 0 bridgehead atoms. The first-order valence-corrected chi connectivity index (χ1v) is 49.1. The van der Waals surface area contributed by atoms with Gasteiger partial charge in [0.15, 0.2) is 29.8 Å². The largest absolute Gasteiger partial charge is 0.480 e. The molecule has 0 unspecified atom stereocenters. The molecule has 0 spiro atoms. The van der Waals surface area contributed by atoms with E-state index in [0.717, 1.165) is 6.92 Å². The number of hydrogen-bond acceptors (Lipinski definition) is 31. The van der Waals surface area contributed by atoms with Crippen LogP contribution in [0.3, 0.4) is 0 Å². The maximum absolute atomic E-state index is 14.5. The molecule has 0 aromatic heterocycles. The fourth-order valence-corrected chi connectivity index (χ4v) is 14.5. The van der Waals surface area contributed by atoms with Crippen molar-refractivity contribution in [2.75, 3.05) is 80.3 Å². The van der Waals surface area contributed by atoms with Gasteiger partial charge < -0.3 is 162 Å². The molecule has 0 saturated carbocycles. The average Bonchev–Trinajstić information content (AvgIpc) is 0.850. The molecule has 53 nitrogen and oxygen atoms in total. The molecule has 41 N–H and O–H groups in total. The molecule has 0 aliphatic heterocycles. The van der Waals surface area contributed by atoms with Gasteiger partial charge in [-0.3, -0.25) is 109 Å². The van der Waals surface area contributed by atoms with Gasteiger partial charge in [0, 0.05) is 73.7 Å². The molecule has 0 fully saturated rings. The van der Waals surface area contributed by atoms with E-state index in [1.165, 1.54) is 0 Å². The Bertz CT molecular complexity index is 4350. The van der Waals surface area contributed by atoms with Crippen molar-refractivity contribution < 1.29 is 96.5 Å². The van der Waals surface area contributed by atoms with Gasteiger partial charge in [-0.25, -0.2) is 4.79 Å². The number of aliphatic carboxylic acids is 1. The Morgan fingerprint density at radius 3 is 0.936 bits per heavy atom. The summed E-state index contributed by atoms with van der Waals surface area (Å²) in [6.07, 6.45) is -1.94. The average molecular weight is 2110 g/mol. The van der Waals surface area contributed by atoms with Crippen LogP contribution >= 0.6 is 75.8 Å². The normalized spacial score (nSPS) is 14.8. The van der Waals surface area contributed by atoms with E-state index in [9.17, 15) is 96.5 Å². The van der Waals surface area contributed by atoms with Crippen molar-refractivity contribution in [2.45, 2.75) is 235 Å². The quantitative estimate of drug-likeness (QED) is 0.0125. The van der Waals surface area contributed by atoms with E-state index in [1.54, 1.807) is 71.9 Å². The van der Waals surface area contributed by atoms with Gasteiger partial charge in [0.05, 0.1) is 25.2 Å². The molecule has 0 heterocycles. The smallest absolute Gasteiger partial charge is 0.327 e. The summed E-state index contributed by atoms with van der Waals surface area (Å²) in [4.78, 5) is 250. The maximum Gasteiger partial charge on any atom is 0.327 e. The van der Waals surface area contributed by atoms with Crippen molar-refractivity contribution in [3.63, 3.8) is 0 Å². The number of aliphatic hydroxyl groups is 1. The van der Waals surface area contributed by atoms with Gasteiger partial charge in [-0.1, -0.05) is 78.3 Å². The molecule has 0 aliphatic carbocycles. The SMILES string of the molecule is CC[C@H](C)[C@H](NC(=O)[C@H](CS)NC(=O)[C@@H](N)CCCNC(=N)N)C(=O)N[C@@H](CS)C(=O)N[C@H](C(=O)N[C@@H](CCCNC(=N)N)C(=O)NCC(=O)N[C@@H](Cc1ccccc1)C(=O)N[C@@H](CS)C(=O)N[C@@H](CCCNC(=N)N)C(=O)N[C@@H](CS)C(=O)N[C@@H](CC(C)C)C(=O)N[C@@H](CS)C(=O)N[C@@H](CCCNC(=N)N)C(=O)N[C@@H](CCCNC(=N)N)C(=O)NCC(=O)N[C@H](C(=O)N[C@@H](CS)C(=O)O)C(C)C)[C@@H](C)O. The third-order valence-electron chi connectivity index (χ3n) is 20.9. The molecule has 1 aromatic rings. The van der Waals surface area contributed by atoms with E-state index in [-0.39, 0.29) is 127 Å². The van der Waals surface area contributed by atoms with E-state index in [1.807, 2.05) is 0 Å². The lowest BCUT2D eigenvalue weighted by Gasteiger charge is -2.29. The van der Waals surface area contributed by atoms with Gasteiger partial charge in [-0.15, -0.1) is 0 Å². The molecule has 0 radical (unpaired) electrons. The lowest BCUT2D eigenvalue weighted by Crippen LogP contribution is -2.62. The number of benzene rings is 1. The minimum atomic E-state index is -1.86. The number of carboxylic acids is 1. The van der Waals surface area contributed by atoms with Crippen molar-refractivity contribution in [3.8, 4) is 0 Å². The number of carbonyl (C=O) groups excluding carboxylic acids is 17.